The highest BCUT2D eigenvalue weighted by atomic mass is 32.2. The molecular formula is C24H33N5O5S2. The van der Waals surface area contributed by atoms with Crippen LogP contribution in [0.4, 0.5) is 5.95 Å². The number of aromatic nitrogens is 3. The molecule has 0 bridgehead atoms. The molecule has 196 valence electrons. The zero-order chi connectivity index (χ0) is 25.9. The van der Waals surface area contributed by atoms with E-state index < -0.39 is 19.9 Å². The van der Waals surface area contributed by atoms with E-state index in [1.807, 2.05) is 41.1 Å². The molecule has 1 aromatic carbocycles. The minimum absolute atomic E-state index is 0.00322. The number of anilines is 1. The third kappa shape index (κ3) is 6.61. The fourth-order valence-corrected chi connectivity index (χ4v) is 5.71. The van der Waals surface area contributed by atoms with Gasteiger partial charge in [-0.3, -0.25) is 0 Å². The van der Waals surface area contributed by atoms with Gasteiger partial charge >= 0.3 is 0 Å². The van der Waals surface area contributed by atoms with Crippen LogP contribution in [0.5, 0.6) is 0 Å². The van der Waals surface area contributed by atoms with Gasteiger partial charge in [0.25, 0.3) is 0 Å². The normalized spacial score (nSPS) is 19.1. The van der Waals surface area contributed by atoms with E-state index in [-0.39, 0.29) is 24.4 Å². The third-order valence-corrected chi connectivity index (χ3v) is 8.89. The van der Waals surface area contributed by atoms with Crippen LogP contribution < -0.4 is 5.32 Å². The van der Waals surface area contributed by atoms with Crippen molar-refractivity contribution in [3.63, 3.8) is 0 Å². The van der Waals surface area contributed by atoms with Crippen LogP contribution in [-0.2, 0) is 31.2 Å². The van der Waals surface area contributed by atoms with Gasteiger partial charge in [-0.05, 0) is 49.4 Å². The van der Waals surface area contributed by atoms with Crippen LogP contribution in [0.1, 0.15) is 31.2 Å². The van der Waals surface area contributed by atoms with Gasteiger partial charge in [0.1, 0.15) is 15.7 Å². The first-order valence-corrected chi connectivity index (χ1v) is 15.8. The smallest absolute Gasteiger partial charge is 0.224 e. The number of sulfonamides is 1. The number of nitrogens with zero attached hydrogens (tertiary/aromatic N) is 4. The molecule has 1 aliphatic rings. The first-order chi connectivity index (χ1) is 17.0. The maximum absolute atomic E-state index is 11.8. The molecule has 1 aliphatic carbocycles. The van der Waals surface area contributed by atoms with Gasteiger partial charge < -0.3 is 14.6 Å². The molecule has 2 heterocycles. The van der Waals surface area contributed by atoms with Crippen molar-refractivity contribution in [1.29, 1.82) is 0 Å². The number of hydrogen-bond acceptors (Lipinski definition) is 8. The van der Waals surface area contributed by atoms with Crippen molar-refractivity contribution in [3.05, 3.63) is 48.3 Å². The zero-order valence-corrected chi connectivity index (χ0v) is 22.4. The summed E-state index contributed by atoms with van der Waals surface area (Å²) < 4.78 is 55.4. The quantitative estimate of drug-likeness (QED) is 0.393. The SMILES string of the molecule is CN([C@H]1CC[C@H](Nc2nccc(-n3ccc4c(COCCS(C)(=O)=O)cccc43)n2)CC1)S(C)(=O)=O. The van der Waals surface area contributed by atoms with E-state index in [2.05, 4.69) is 10.3 Å². The number of rotatable bonds is 10. The maximum atomic E-state index is 11.8. The lowest BCUT2D eigenvalue weighted by Crippen LogP contribution is -2.41. The second kappa shape index (κ2) is 10.8. The highest BCUT2D eigenvalue weighted by Crippen LogP contribution is 2.27. The van der Waals surface area contributed by atoms with Crippen LogP contribution >= 0.6 is 0 Å². The first-order valence-electron chi connectivity index (χ1n) is 11.9. The van der Waals surface area contributed by atoms with Crippen molar-refractivity contribution < 1.29 is 21.6 Å². The summed E-state index contributed by atoms with van der Waals surface area (Å²) in [4.78, 5) is 9.11. The molecule has 10 nitrogen and oxygen atoms in total. The van der Waals surface area contributed by atoms with Crippen molar-refractivity contribution in [3.8, 4) is 5.82 Å². The number of sulfone groups is 1. The van der Waals surface area contributed by atoms with Crippen LogP contribution in [-0.4, -0.2) is 79.7 Å². The summed E-state index contributed by atoms with van der Waals surface area (Å²) in [5.41, 5.74) is 1.94. The maximum Gasteiger partial charge on any atom is 0.224 e. The second-order valence-electron chi connectivity index (χ2n) is 9.39. The molecule has 2 aromatic heterocycles. The number of nitrogens with one attached hydrogen (secondary N) is 1. The minimum atomic E-state index is -3.19. The Kier molecular flexibility index (Phi) is 7.98. The molecule has 4 rings (SSSR count). The summed E-state index contributed by atoms with van der Waals surface area (Å²) in [5, 5.41) is 4.43. The molecule has 12 heteroatoms. The van der Waals surface area contributed by atoms with E-state index in [1.54, 1.807) is 13.2 Å². The molecule has 0 spiro atoms. The topological polar surface area (TPSA) is 123 Å². The Morgan fingerprint density at radius 1 is 1.08 bits per heavy atom. The van der Waals surface area contributed by atoms with Crippen molar-refractivity contribution in [2.75, 3.05) is 37.2 Å². The third-order valence-electron chi connectivity index (χ3n) is 6.63. The monoisotopic (exact) mass is 535 g/mol. The summed E-state index contributed by atoms with van der Waals surface area (Å²) in [5.74, 6) is 1.26. The van der Waals surface area contributed by atoms with E-state index in [9.17, 15) is 16.8 Å². The number of fused-ring (bicyclic) bond motifs is 1. The van der Waals surface area contributed by atoms with Gasteiger partial charge in [-0.1, -0.05) is 12.1 Å². The van der Waals surface area contributed by atoms with Gasteiger partial charge in [0.2, 0.25) is 16.0 Å². The predicted octanol–water partition coefficient (Wildman–Crippen LogP) is 2.60. The average Bonchev–Trinajstić information content (AvgIpc) is 3.26. The Bertz CT molecular complexity index is 1410. The lowest BCUT2D eigenvalue weighted by atomic mass is 9.91. The molecule has 0 saturated heterocycles. The van der Waals surface area contributed by atoms with E-state index in [0.717, 1.165) is 48.0 Å². The average molecular weight is 536 g/mol. The number of ether oxygens (including phenoxy) is 1. The fourth-order valence-electron chi connectivity index (χ4n) is 4.54. The molecule has 0 aliphatic heterocycles. The Balaban J connectivity index is 1.43. The molecule has 36 heavy (non-hydrogen) atoms. The highest BCUT2D eigenvalue weighted by molar-refractivity contribution is 7.90. The lowest BCUT2D eigenvalue weighted by Gasteiger charge is -2.33. The van der Waals surface area contributed by atoms with Crippen LogP contribution in [0, 0.1) is 0 Å². The summed E-state index contributed by atoms with van der Waals surface area (Å²) in [7, 11) is -4.60. The van der Waals surface area contributed by atoms with Gasteiger partial charge in [-0.15, -0.1) is 0 Å². The van der Waals surface area contributed by atoms with Gasteiger partial charge in [-0.2, -0.15) is 4.98 Å². The van der Waals surface area contributed by atoms with Crippen molar-refractivity contribution in [1.82, 2.24) is 18.8 Å². The van der Waals surface area contributed by atoms with Crippen LogP contribution in [0.15, 0.2) is 42.7 Å². The highest BCUT2D eigenvalue weighted by Gasteiger charge is 2.28. The molecule has 0 radical (unpaired) electrons. The van der Waals surface area contributed by atoms with Crippen LogP contribution in [0.25, 0.3) is 16.7 Å². The lowest BCUT2D eigenvalue weighted by molar-refractivity contribution is 0.136. The molecule has 0 atom stereocenters. The summed E-state index contributed by atoms with van der Waals surface area (Å²) in [6.07, 6.45) is 9.37. The van der Waals surface area contributed by atoms with Crippen molar-refractivity contribution >= 4 is 36.7 Å². The molecule has 0 amide bonds. The molecular weight excluding hydrogens is 502 g/mol. The zero-order valence-electron chi connectivity index (χ0n) is 20.8. The predicted molar refractivity (Wildman–Crippen MR) is 141 cm³/mol. The molecule has 1 saturated carbocycles. The van der Waals surface area contributed by atoms with E-state index >= 15 is 0 Å². The molecule has 1 N–H and O–H groups in total. The number of hydrogen-bond donors (Lipinski definition) is 1. The van der Waals surface area contributed by atoms with E-state index in [0.29, 0.717) is 12.6 Å². The number of benzene rings is 1. The van der Waals surface area contributed by atoms with Gasteiger partial charge in [0, 0.05) is 43.2 Å². The van der Waals surface area contributed by atoms with Crippen LogP contribution in [0.3, 0.4) is 0 Å². The Morgan fingerprint density at radius 3 is 2.53 bits per heavy atom. The van der Waals surface area contributed by atoms with E-state index in [1.165, 1.54) is 16.8 Å². The summed E-state index contributed by atoms with van der Waals surface area (Å²) in [6.45, 7) is 0.480. The van der Waals surface area contributed by atoms with Gasteiger partial charge in [0.15, 0.2) is 0 Å². The van der Waals surface area contributed by atoms with Crippen molar-refractivity contribution in [2.45, 2.75) is 44.4 Å². The largest absolute Gasteiger partial charge is 0.376 e. The fraction of sp³-hybridized carbons (Fsp3) is 0.500. The Morgan fingerprint density at radius 2 is 1.83 bits per heavy atom. The molecule has 1 fully saturated rings. The van der Waals surface area contributed by atoms with Crippen LogP contribution in [0.2, 0.25) is 0 Å². The van der Waals surface area contributed by atoms with E-state index in [4.69, 9.17) is 9.72 Å². The second-order valence-corrected chi connectivity index (χ2v) is 13.7. The first kappa shape index (κ1) is 26.5. The Labute approximate surface area is 212 Å². The molecule has 3 aromatic rings. The standard InChI is InChI=1S/C24H33N5O5S2/c1-28(36(3,32)33)20-9-7-19(8-10-20)26-24-25-13-11-23(27-24)29-14-12-21-18(5-4-6-22(21)29)17-34-15-16-35(2,30)31/h4-6,11-14,19-20H,7-10,15-17H2,1-3H3,(H,25,26,27)/t19-,20-. The molecule has 0 unspecified atom stereocenters. The Hall–Kier alpha value is -2.54. The summed E-state index contributed by atoms with van der Waals surface area (Å²) in [6, 6.07) is 9.97. The van der Waals surface area contributed by atoms with Gasteiger partial charge in [-0.25, -0.2) is 26.1 Å². The minimum Gasteiger partial charge on any atom is -0.376 e. The van der Waals surface area contributed by atoms with Crippen molar-refractivity contribution in [2.24, 2.45) is 0 Å². The summed E-state index contributed by atoms with van der Waals surface area (Å²) >= 11 is 0. The van der Waals surface area contributed by atoms with Gasteiger partial charge in [0.05, 0.1) is 30.7 Å².